The molecular weight excluding hydrogens is 252 g/mol. The molecule has 0 amide bonds. The van der Waals surface area contributed by atoms with Crippen LogP contribution in [0.5, 0.6) is 0 Å². The van der Waals surface area contributed by atoms with E-state index in [1.165, 1.54) is 82.5 Å². The van der Waals surface area contributed by atoms with Crippen molar-refractivity contribution in [2.24, 2.45) is 5.92 Å². The molecule has 0 spiro atoms. The first kappa shape index (κ1) is 14.2. The molecule has 0 bridgehead atoms. The van der Waals surface area contributed by atoms with Crippen molar-refractivity contribution in [3.63, 3.8) is 0 Å². The first-order chi connectivity index (χ1) is 9.43. The van der Waals surface area contributed by atoms with Crippen LogP contribution in [-0.2, 0) is 0 Å². The van der Waals surface area contributed by atoms with Crippen LogP contribution in [-0.4, -0.2) is 48.1 Å². The lowest BCUT2D eigenvalue weighted by atomic mass is 9.83. The quantitative estimate of drug-likeness (QED) is 0.838. The van der Waals surface area contributed by atoms with E-state index in [0.717, 1.165) is 18.0 Å². The summed E-state index contributed by atoms with van der Waals surface area (Å²) in [6.07, 6.45) is 11.6. The molecule has 0 radical (unpaired) electrons. The van der Waals surface area contributed by atoms with Crippen LogP contribution in [0.15, 0.2) is 0 Å². The molecule has 0 aromatic heterocycles. The van der Waals surface area contributed by atoms with Gasteiger partial charge in [-0.15, -0.1) is 0 Å². The first-order valence-corrected chi connectivity index (χ1v) is 9.64. The number of nitrogens with one attached hydrogen (secondary N) is 1. The third-order valence-corrected chi connectivity index (χ3v) is 6.43. The second kappa shape index (κ2) is 7.33. The molecule has 3 fully saturated rings. The standard InChI is InChI=1S/C16H30N2S/c1-2-5-14(6-3-1)16-13-18(10-4-9-17-16)15-7-11-19-12-8-15/h14-17H,1-13H2. The maximum atomic E-state index is 3.87. The van der Waals surface area contributed by atoms with Crippen LogP contribution < -0.4 is 5.32 Å². The van der Waals surface area contributed by atoms with Gasteiger partial charge in [0.1, 0.15) is 0 Å². The molecule has 1 unspecified atom stereocenters. The van der Waals surface area contributed by atoms with Crippen molar-refractivity contribution in [1.82, 2.24) is 10.2 Å². The fourth-order valence-electron chi connectivity index (χ4n) is 4.21. The molecule has 3 heteroatoms. The zero-order chi connectivity index (χ0) is 12.9. The Bertz CT molecular complexity index is 233. The van der Waals surface area contributed by atoms with Crippen LogP contribution in [0, 0.1) is 5.92 Å². The monoisotopic (exact) mass is 282 g/mol. The number of hydrogen-bond donors (Lipinski definition) is 1. The second-order valence-corrected chi connectivity index (χ2v) is 7.88. The van der Waals surface area contributed by atoms with Gasteiger partial charge in [0.15, 0.2) is 0 Å². The molecule has 19 heavy (non-hydrogen) atoms. The molecule has 3 aliphatic rings. The van der Waals surface area contributed by atoms with E-state index in [1.807, 2.05) is 0 Å². The number of thioether (sulfide) groups is 1. The van der Waals surface area contributed by atoms with Crippen LogP contribution in [0.25, 0.3) is 0 Å². The van der Waals surface area contributed by atoms with E-state index >= 15 is 0 Å². The normalized spacial score (nSPS) is 33.2. The van der Waals surface area contributed by atoms with Gasteiger partial charge in [0.25, 0.3) is 0 Å². The van der Waals surface area contributed by atoms with Crippen LogP contribution >= 0.6 is 11.8 Å². The van der Waals surface area contributed by atoms with E-state index < -0.39 is 0 Å². The molecule has 0 aromatic rings. The molecule has 2 saturated heterocycles. The summed E-state index contributed by atoms with van der Waals surface area (Å²) in [6.45, 7) is 3.92. The molecule has 1 saturated carbocycles. The summed E-state index contributed by atoms with van der Waals surface area (Å²) in [5.74, 6) is 3.75. The summed E-state index contributed by atoms with van der Waals surface area (Å²) in [4.78, 5) is 2.85. The minimum Gasteiger partial charge on any atom is -0.312 e. The van der Waals surface area contributed by atoms with E-state index in [1.54, 1.807) is 0 Å². The third-order valence-electron chi connectivity index (χ3n) is 5.39. The Balaban J connectivity index is 1.58. The van der Waals surface area contributed by atoms with Gasteiger partial charge in [-0.2, -0.15) is 11.8 Å². The van der Waals surface area contributed by atoms with E-state index in [0.29, 0.717) is 0 Å². The van der Waals surface area contributed by atoms with Gasteiger partial charge in [-0.05, 0) is 62.6 Å². The van der Waals surface area contributed by atoms with Crippen LogP contribution in [0.4, 0.5) is 0 Å². The fraction of sp³-hybridized carbons (Fsp3) is 1.00. The predicted molar refractivity (Wildman–Crippen MR) is 84.9 cm³/mol. The Hall–Kier alpha value is 0.270. The van der Waals surface area contributed by atoms with Crippen molar-refractivity contribution in [2.75, 3.05) is 31.1 Å². The van der Waals surface area contributed by atoms with E-state index in [2.05, 4.69) is 22.0 Å². The van der Waals surface area contributed by atoms with Gasteiger partial charge in [0.05, 0.1) is 0 Å². The highest BCUT2D eigenvalue weighted by atomic mass is 32.2. The Morgan fingerprint density at radius 1 is 0.895 bits per heavy atom. The SMILES string of the molecule is C1CCC(C2CN(C3CCSCC3)CCCN2)CC1. The smallest absolute Gasteiger partial charge is 0.0223 e. The lowest BCUT2D eigenvalue weighted by Crippen LogP contribution is -2.47. The lowest BCUT2D eigenvalue weighted by Gasteiger charge is -2.37. The van der Waals surface area contributed by atoms with Crippen molar-refractivity contribution in [3.8, 4) is 0 Å². The zero-order valence-corrected chi connectivity index (χ0v) is 13.1. The van der Waals surface area contributed by atoms with Crippen molar-refractivity contribution in [2.45, 2.75) is 63.5 Å². The molecule has 1 aliphatic carbocycles. The van der Waals surface area contributed by atoms with Crippen molar-refractivity contribution >= 4 is 11.8 Å². The highest BCUT2D eigenvalue weighted by molar-refractivity contribution is 7.99. The molecule has 0 aromatic carbocycles. The fourth-order valence-corrected chi connectivity index (χ4v) is 5.29. The summed E-state index contributed by atoms with van der Waals surface area (Å²) < 4.78 is 0. The van der Waals surface area contributed by atoms with E-state index in [-0.39, 0.29) is 0 Å². The summed E-state index contributed by atoms with van der Waals surface area (Å²) in [6, 6.07) is 1.68. The van der Waals surface area contributed by atoms with Crippen LogP contribution in [0.3, 0.4) is 0 Å². The molecule has 2 aliphatic heterocycles. The van der Waals surface area contributed by atoms with Gasteiger partial charge in [-0.3, -0.25) is 4.90 Å². The molecule has 3 rings (SSSR count). The number of nitrogens with zero attached hydrogens (tertiary/aromatic N) is 1. The summed E-state index contributed by atoms with van der Waals surface area (Å²) in [5.41, 5.74) is 0. The molecular formula is C16H30N2S. The van der Waals surface area contributed by atoms with Crippen LogP contribution in [0.2, 0.25) is 0 Å². The van der Waals surface area contributed by atoms with Crippen molar-refractivity contribution in [3.05, 3.63) is 0 Å². The molecule has 1 N–H and O–H groups in total. The topological polar surface area (TPSA) is 15.3 Å². The predicted octanol–water partition coefficient (Wildman–Crippen LogP) is 3.13. The maximum absolute atomic E-state index is 3.87. The van der Waals surface area contributed by atoms with Crippen LogP contribution in [0.1, 0.15) is 51.4 Å². The van der Waals surface area contributed by atoms with Gasteiger partial charge in [0.2, 0.25) is 0 Å². The van der Waals surface area contributed by atoms with Gasteiger partial charge in [-0.1, -0.05) is 19.3 Å². The Morgan fingerprint density at radius 2 is 1.68 bits per heavy atom. The average molecular weight is 282 g/mol. The van der Waals surface area contributed by atoms with Gasteiger partial charge in [-0.25, -0.2) is 0 Å². The Morgan fingerprint density at radius 3 is 2.47 bits per heavy atom. The highest BCUT2D eigenvalue weighted by Gasteiger charge is 2.30. The number of rotatable bonds is 2. The maximum Gasteiger partial charge on any atom is 0.0223 e. The third kappa shape index (κ3) is 3.89. The highest BCUT2D eigenvalue weighted by Crippen LogP contribution is 2.29. The van der Waals surface area contributed by atoms with Crippen molar-refractivity contribution in [1.29, 1.82) is 0 Å². The summed E-state index contributed by atoms with van der Waals surface area (Å²) in [7, 11) is 0. The summed E-state index contributed by atoms with van der Waals surface area (Å²) >= 11 is 2.15. The number of hydrogen-bond acceptors (Lipinski definition) is 3. The Kier molecular flexibility index (Phi) is 5.48. The van der Waals surface area contributed by atoms with E-state index in [9.17, 15) is 0 Å². The largest absolute Gasteiger partial charge is 0.312 e. The average Bonchev–Trinajstić information content (AvgIpc) is 2.75. The minimum atomic E-state index is 0.789. The lowest BCUT2D eigenvalue weighted by molar-refractivity contribution is 0.154. The second-order valence-electron chi connectivity index (χ2n) is 6.65. The minimum absolute atomic E-state index is 0.789. The zero-order valence-electron chi connectivity index (χ0n) is 12.3. The van der Waals surface area contributed by atoms with E-state index in [4.69, 9.17) is 0 Å². The first-order valence-electron chi connectivity index (χ1n) is 8.48. The molecule has 2 nitrogen and oxygen atoms in total. The molecule has 2 heterocycles. The van der Waals surface area contributed by atoms with Gasteiger partial charge in [0, 0.05) is 18.6 Å². The Labute approximate surface area is 123 Å². The van der Waals surface area contributed by atoms with Gasteiger partial charge >= 0.3 is 0 Å². The molecule has 1 atom stereocenters. The van der Waals surface area contributed by atoms with Crippen molar-refractivity contribution < 1.29 is 0 Å². The summed E-state index contributed by atoms with van der Waals surface area (Å²) in [5, 5.41) is 3.87. The van der Waals surface area contributed by atoms with Gasteiger partial charge < -0.3 is 5.32 Å². The molecule has 110 valence electrons.